The van der Waals surface area contributed by atoms with Crippen LogP contribution in [0.4, 0.5) is 27.9 Å². The smallest absolute Gasteiger partial charge is 0.416 e. The molecule has 1 fully saturated rings. The number of fused-ring (bicyclic) bond motifs is 1. The standard InChI is InChI=1S/C30H22F5N5O2/c31-20-3-5-21(23(13-20)28(41)42)16-7-9-40(10-8-16)29-36-14-18(15-37-29)17-1-4-22(24(32)11-17)27-38-25-6-2-19(30(33,34)35)12-26(25)39-27/h1-6,11-16H,7-10H2,(H,38,39)(H,41,42). The zero-order chi connectivity index (χ0) is 29.6. The molecule has 0 saturated carbocycles. The third kappa shape index (κ3) is 5.27. The molecule has 1 aliphatic heterocycles. The number of rotatable bonds is 5. The molecule has 42 heavy (non-hydrogen) atoms. The van der Waals surface area contributed by atoms with E-state index in [1.807, 2.05) is 4.90 Å². The Morgan fingerprint density at radius 3 is 2.33 bits per heavy atom. The first-order valence-corrected chi connectivity index (χ1v) is 13.0. The molecule has 0 unspecified atom stereocenters. The van der Waals surface area contributed by atoms with E-state index in [-0.39, 0.29) is 33.9 Å². The van der Waals surface area contributed by atoms with Crippen molar-refractivity contribution in [2.75, 3.05) is 18.0 Å². The van der Waals surface area contributed by atoms with Crippen LogP contribution >= 0.6 is 0 Å². The maximum absolute atomic E-state index is 15.1. The summed E-state index contributed by atoms with van der Waals surface area (Å²) in [7, 11) is 0. The molecule has 1 aliphatic rings. The van der Waals surface area contributed by atoms with Gasteiger partial charge in [0.05, 0.1) is 27.7 Å². The Morgan fingerprint density at radius 2 is 1.67 bits per heavy atom. The zero-order valence-corrected chi connectivity index (χ0v) is 21.8. The maximum Gasteiger partial charge on any atom is 0.416 e. The fourth-order valence-electron chi connectivity index (χ4n) is 5.29. The van der Waals surface area contributed by atoms with Crippen molar-refractivity contribution in [3.8, 4) is 22.5 Å². The minimum atomic E-state index is -4.50. The van der Waals surface area contributed by atoms with Crippen LogP contribution in [-0.2, 0) is 6.18 Å². The van der Waals surface area contributed by atoms with Crippen LogP contribution in [-0.4, -0.2) is 44.1 Å². The summed E-state index contributed by atoms with van der Waals surface area (Å²) in [6, 6.07) is 11.4. The highest BCUT2D eigenvalue weighted by molar-refractivity contribution is 5.89. The van der Waals surface area contributed by atoms with Gasteiger partial charge < -0.3 is 15.0 Å². The number of hydrogen-bond acceptors (Lipinski definition) is 5. The molecule has 5 aromatic rings. The number of carboxylic acid groups (broad SMARTS) is 1. The Bertz CT molecular complexity index is 1790. The molecule has 3 aromatic carbocycles. The van der Waals surface area contributed by atoms with Crippen LogP contribution in [0.15, 0.2) is 67.0 Å². The van der Waals surface area contributed by atoms with Gasteiger partial charge in [0.2, 0.25) is 5.95 Å². The highest BCUT2D eigenvalue weighted by Gasteiger charge is 2.31. The minimum absolute atomic E-state index is 0.0248. The van der Waals surface area contributed by atoms with Crippen molar-refractivity contribution in [1.82, 2.24) is 19.9 Å². The summed E-state index contributed by atoms with van der Waals surface area (Å²) < 4.78 is 67.8. The lowest BCUT2D eigenvalue weighted by molar-refractivity contribution is -0.137. The second kappa shape index (κ2) is 10.5. The molecule has 0 spiro atoms. The van der Waals surface area contributed by atoms with Gasteiger partial charge in [0.25, 0.3) is 0 Å². The number of halogens is 5. The summed E-state index contributed by atoms with van der Waals surface area (Å²) in [6.45, 7) is 1.15. The van der Waals surface area contributed by atoms with Crippen molar-refractivity contribution in [2.24, 2.45) is 0 Å². The van der Waals surface area contributed by atoms with Gasteiger partial charge in [-0.2, -0.15) is 13.2 Å². The summed E-state index contributed by atoms with van der Waals surface area (Å²) >= 11 is 0. The van der Waals surface area contributed by atoms with Gasteiger partial charge in [0.1, 0.15) is 17.5 Å². The number of nitrogens with one attached hydrogen (secondary N) is 1. The van der Waals surface area contributed by atoms with Gasteiger partial charge in [-0.3, -0.25) is 0 Å². The van der Waals surface area contributed by atoms with Crippen molar-refractivity contribution in [3.63, 3.8) is 0 Å². The molecule has 6 rings (SSSR count). The van der Waals surface area contributed by atoms with E-state index >= 15 is 4.39 Å². The van der Waals surface area contributed by atoms with E-state index < -0.39 is 29.3 Å². The number of imidazole rings is 1. The molecule has 1 saturated heterocycles. The van der Waals surface area contributed by atoms with Crippen molar-refractivity contribution in [1.29, 1.82) is 0 Å². The average Bonchev–Trinajstić information content (AvgIpc) is 3.40. The summed E-state index contributed by atoms with van der Waals surface area (Å²) in [6.07, 6.45) is -0.0706. The normalized spacial score (nSPS) is 14.5. The molecule has 2 aromatic heterocycles. The number of alkyl halides is 3. The third-order valence-corrected chi connectivity index (χ3v) is 7.47. The number of anilines is 1. The molecular formula is C30H22F5N5O2. The number of aromatic amines is 1. The largest absolute Gasteiger partial charge is 0.478 e. The lowest BCUT2D eigenvalue weighted by Gasteiger charge is -2.32. The lowest BCUT2D eigenvalue weighted by Crippen LogP contribution is -2.34. The van der Waals surface area contributed by atoms with Crippen molar-refractivity contribution in [2.45, 2.75) is 24.9 Å². The number of carbonyl (C=O) groups is 1. The molecule has 0 atom stereocenters. The zero-order valence-electron chi connectivity index (χ0n) is 21.8. The van der Waals surface area contributed by atoms with Crippen molar-refractivity contribution < 1.29 is 31.9 Å². The molecule has 2 N–H and O–H groups in total. The van der Waals surface area contributed by atoms with Crippen LogP contribution < -0.4 is 4.90 Å². The van der Waals surface area contributed by atoms with Crippen LogP contribution in [0.1, 0.15) is 40.2 Å². The molecular weight excluding hydrogens is 557 g/mol. The van der Waals surface area contributed by atoms with Crippen LogP contribution in [0.5, 0.6) is 0 Å². The second-order valence-electron chi connectivity index (χ2n) is 10.1. The number of carboxylic acids is 1. The highest BCUT2D eigenvalue weighted by Crippen LogP contribution is 2.34. The number of piperidine rings is 1. The fourth-order valence-corrected chi connectivity index (χ4v) is 5.29. The van der Waals surface area contributed by atoms with Gasteiger partial charge in [0, 0.05) is 31.0 Å². The van der Waals surface area contributed by atoms with Crippen LogP contribution in [0.3, 0.4) is 0 Å². The lowest BCUT2D eigenvalue weighted by atomic mass is 9.86. The number of aromatic nitrogens is 4. The topological polar surface area (TPSA) is 95.0 Å². The van der Waals surface area contributed by atoms with Crippen molar-refractivity contribution in [3.05, 3.63) is 95.3 Å². The average molecular weight is 580 g/mol. The number of nitrogens with zero attached hydrogens (tertiary/aromatic N) is 4. The Kier molecular flexibility index (Phi) is 6.83. The van der Waals surface area contributed by atoms with E-state index in [1.165, 1.54) is 30.3 Å². The predicted octanol–water partition coefficient (Wildman–Crippen LogP) is 7.07. The molecule has 0 bridgehead atoms. The summed E-state index contributed by atoms with van der Waals surface area (Å²) in [4.78, 5) is 29.4. The van der Waals surface area contributed by atoms with Gasteiger partial charge in [-0.05, 0) is 72.4 Å². The monoisotopic (exact) mass is 579 g/mol. The number of aromatic carboxylic acids is 1. The van der Waals surface area contributed by atoms with Crippen molar-refractivity contribution >= 4 is 23.0 Å². The Balaban J connectivity index is 1.15. The Labute approximate surface area is 235 Å². The van der Waals surface area contributed by atoms with Crippen LogP contribution in [0, 0.1) is 11.6 Å². The second-order valence-corrected chi connectivity index (χ2v) is 10.1. The van der Waals surface area contributed by atoms with E-state index in [9.17, 15) is 27.5 Å². The number of H-pyrrole nitrogens is 1. The highest BCUT2D eigenvalue weighted by atomic mass is 19.4. The fraction of sp³-hybridized carbons (Fsp3) is 0.200. The van der Waals surface area contributed by atoms with Gasteiger partial charge in [-0.25, -0.2) is 28.5 Å². The van der Waals surface area contributed by atoms with Gasteiger partial charge >= 0.3 is 12.1 Å². The van der Waals surface area contributed by atoms with E-state index in [4.69, 9.17) is 0 Å². The van der Waals surface area contributed by atoms with Gasteiger partial charge in [-0.1, -0.05) is 12.1 Å². The predicted molar refractivity (Wildman–Crippen MR) is 145 cm³/mol. The van der Waals surface area contributed by atoms with E-state index in [2.05, 4.69) is 19.9 Å². The Hall–Kier alpha value is -4.87. The number of benzene rings is 3. The SMILES string of the molecule is O=C(O)c1cc(F)ccc1C1CCN(c2ncc(-c3ccc(-c4nc5ccc(C(F)(F)F)cc5[nH]4)c(F)c3)cn2)CC1. The third-order valence-electron chi connectivity index (χ3n) is 7.47. The molecule has 3 heterocycles. The first-order chi connectivity index (χ1) is 20.1. The van der Waals surface area contributed by atoms with E-state index in [0.717, 1.165) is 18.2 Å². The molecule has 214 valence electrons. The minimum Gasteiger partial charge on any atom is -0.478 e. The quantitative estimate of drug-likeness (QED) is 0.217. The summed E-state index contributed by atoms with van der Waals surface area (Å²) in [5.74, 6) is -1.81. The summed E-state index contributed by atoms with van der Waals surface area (Å²) in [5.41, 5.74) is 1.38. The molecule has 0 radical (unpaired) electrons. The molecule has 0 amide bonds. The molecule has 0 aliphatic carbocycles. The van der Waals surface area contributed by atoms with Crippen LogP contribution in [0.2, 0.25) is 0 Å². The maximum atomic E-state index is 15.1. The van der Waals surface area contributed by atoms with Gasteiger partial charge in [-0.15, -0.1) is 0 Å². The van der Waals surface area contributed by atoms with Gasteiger partial charge in [0.15, 0.2) is 0 Å². The van der Waals surface area contributed by atoms with Crippen LogP contribution in [0.25, 0.3) is 33.5 Å². The van der Waals surface area contributed by atoms with E-state index in [0.29, 0.717) is 48.6 Å². The number of hydrogen-bond donors (Lipinski definition) is 2. The molecule has 7 nitrogen and oxygen atoms in total. The Morgan fingerprint density at radius 1 is 0.929 bits per heavy atom. The molecule has 12 heteroatoms. The van der Waals surface area contributed by atoms with E-state index in [1.54, 1.807) is 18.5 Å². The summed E-state index contributed by atoms with van der Waals surface area (Å²) in [5, 5.41) is 9.47. The first kappa shape index (κ1) is 27.3. The first-order valence-electron chi connectivity index (χ1n) is 13.0.